The Labute approximate surface area is 192 Å². The number of amides is 1. The average Bonchev–Trinajstić information content (AvgIpc) is 3.16. The predicted octanol–water partition coefficient (Wildman–Crippen LogP) is 4.18. The van der Waals surface area contributed by atoms with E-state index >= 15 is 0 Å². The van der Waals surface area contributed by atoms with E-state index in [0.717, 1.165) is 12.0 Å². The number of anilines is 1. The summed E-state index contributed by atoms with van der Waals surface area (Å²) in [6, 6.07) is 13.5. The van der Waals surface area contributed by atoms with Crippen LogP contribution in [-0.4, -0.2) is 27.1 Å². The first kappa shape index (κ1) is 22.6. The number of aryl methyl sites for hydroxylation is 2. The number of rotatable bonds is 6. The quantitative estimate of drug-likeness (QED) is 0.529. The summed E-state index contributed by atoms with van der Waals surface area (Å²) in [4.78, 5) is 15.5. The number of benzene rings is 2. The van der Waals surface area contributed by atoms with Crippen LogP contribution in [-0.2, 0) is 16.4 Å². The highest BCUT2D eigenvalue weighted by molar-refractivity contribution is 7.89. The number of furan rings is 1. The summed E-state index contributed by atoms with van der Waals surface area (Å²) in [7, 11) is -2.26. The molecule has 0 aliphatic heterocycles. The second-order valence-electron chi connectivity index (χ2n) is 7.83. The van der Waals surface area contributed by atoms with Crippen molar-refractivity contribution in [2.45, 2.75) is 38.0 Å². The van der Waals surface area contributed by atoms with Gasteiger partial charge in [0.15, 0.2) is 5.76 Å². The van der Waals surface area contributed by atoms with Crippen molar-refractivity contribution < 1.29 is 22.4 Å². The van der Waals surface area contributed by atoms with Crippen LogP contribution in [0.1, 0.15) is 45.8 Å². The van der Waals surface area contributed by atoms with Crippen molar-refractivity contribution in [3.8, 4) is 5.75 Å². The molecular weight excluding hydrogens is 442 g/mol. The lowest BCUT2D eigenvalue weighted by molar-refractivity contribution is 0.0993. The summed E-state index contributed by atoms with van der Waals surface area (Å²) in [6.45, 7) is 3.70. The van der Waals surface area contributed by atoms with Gasteiger partial charge < -0.3 is 14.5 Å². The summed E-state index contributed by atoms with van der Waals surface area (Å²) in [5.74, 6) is 0.928. The van der Waals surface area contributed by atoms with Crippen molar-refractivity contribution >= 4 is 27.3 Å². The van der Waals surface area contributed by atoms with Gasteiger partial charge in [-0.1, -0.05) is 24.3 Å². The molecule has 4 rings (SSSR count). The lowest BCUT2D eigenvalue weighted by Crippen LogP contribution is -2.22. The zero-order valence-electron chi connectivity index (χ0n) is 18.6. The molecule has 172 valence electrons. The second-order valence-corrected chi connectivity index (χ2v) is 9.49. The molecule has 0 spiro atoms. The Morgan fingerprint density at radius 1 is 1.09 bits per heavy atom. The van der Waals surface area contributed by atoms with Crippen LogP contribution in [0.25, 0.3) is 0 Å². The molecule has 0 bridgehead atoms. The predicted molar refractivity (Wildman–Crippen MR) is 125 cm³/mol. The van der Waals surface area contributed by atoms with Crippen LogP contribution in [0, 0.1) is 13.8 Å². The summed E-state index contributed by atoms with van der Waals surface area (Å²) in [6.07, 6.45) is 1.94. The summed E-state index contributed by atoms with van der Waals surface area (Å²) >= 11 is 0. The highest BCUT2D eigenvalue weighted by atomic mass is 32.2. The Morgan fingerprint density at radius 3 is 2.58 bits per heavy atom. The molecule has 0 atom stereocenters. The number of hydrogen-bond acceptors (Lipinski definition) is 6. The molecule has 1 heterocycles. The van der Waals surface area contributed by atoms with Gasteiger partial charge in [0.05, 0.1) is 23.4 Å². The van der Waals surface area contributed by atoms with Gasteiger partial charge in [-0.15, -0.1) is 0 Å². The van der Waals surface area contributed by atoms with Crippen LogP contribution in [0.3, 0.4) is 0 Å². The van der Waals surface area contributed by atoms with Crippen molar-refractivity contribution in [2.24, 2.45) is 5.10 Å². The number of fused-ring (bicyclic) bond motifs is 1. The van der Waals surface area contributed by atoms with E-state index in [4.69, 9.17) is 9.15 Å². The summed E-state index contributed by atoms with van der Waals surface area (Å²) in [5, 5.41) is 7.05. The minimum Gasteiger partial charge on any atom is -0.495 e. The van der Waals surface area contributed by atoms with Crippen molar-refractivity contribution in [2.75, 3.05) is 12.4 Å². The number of nitrogens with one attached hydrogen (secondary N) is 2. The first-order valence-electron chi connectivity index (χ1n) is 10.5. The fourth-order valence-electron chi connectivity index (χ4n) is 3.86. The van der Waals surface area contributed by atoms with Crippen LogP contribution in [0.5, 0.6) is 5.75 Å². The van der Waals surface area contributed by atoms with E-state index in [9.17, 15) is 13.2 Å². The van der Waals surface area contributed by atoms with Crippen LogP contribution >= 0.6 is 0 Å². The third-order valence-electron chi connectivity index (χ3n) is 5.49. The Kier molecular flexibility index (Phi) is 6.24. The number of sulfonamides is 1. The Balaban J connectivity index is 1.62. The third-order valence-corrected chi connectivity index (χ3v) is 6.71. The third kappa shape index (κ3) is 4.63. The second kappa shape index (κ2) is 9.11. The van der Waals surface area contributed by atoms with Crippen LogP contribution < -0.4 is 14.9 Å². The van der Waals surface area contributed by atoms with Gasteiger partial charge in [0.2, 0.25) is 0 Å². The molecule has 33 heavy (non-hydrogen) atoms. The van der Waals surface area contributed by atoms with Crippen molar-refractivity contribution in [3.63, 3.8) is 0 Å². The summed E-state index contributed by atoms with van der Waals surface area (Å²) < 4.78 is 36.4. The van der Waals surface area contributed by atoms with Gasteiger partial charge in [0.1, 0.15) is 11.5 Å². The molecule has 0 saturated heterocycles. The van der Waals surface area contributed by atoms with Crippen LogP contribution in [0.15, 0.2) is 62.9 Å². The van der Waals surface area contributed by atoms with Crippen molar-refractivity contribution in [1.82, 2.24) is 4.83 Å². The van der Waals surface area contributed by atoms with Gasteiger partial charge in [-0.2, -0.15) is 18.4 Å². The maximum atomic E-state index is 13.0. The smallest absolute Gasteiger partial charge is 0.291 e. The first-order chi connectivity index (χ1) is 15.8. The van der Waals surface area contributed by atoms with Crippen LogP contribution in [0.4, 0.5) is 5.69 Å². The monoisotopic (exact) mass is 467 g/mol. The highest BCUT2D eigenvalue weighted by Gasteiger charge is 2.29. The molecule has 1 aromatic heterocycles. The molecular formula is C24H25N3O5S. The number of methoxy groups -OCH3 is 1. The molecule has 2 N–H and O–H groups in total. The molecule has 0 fully saturated rings. The van der Waals surface area contributed by atoms with Gasteiger partial charge in [-0.05, 0) is 56.5 Å². The van der Waals surface area contributed by atoms with E-state index in [1.807, 2.05) is 19.1 Å². The number of hydrogen-bond donors (Lipinski definition) is 2. The van der Waals surface area contributed by atoms with Gasteiger partial charge in [0, 0.05) is 17.5 Å². The van der Waals surface area contributed by atoms with Gasteiger partial charge in [0.25, 0.3) is 15.9 Å². The number of hydrazone groups is 1. The molecule has 8 nitrogen and oxygen atoms in total. The van der Waals surface area contributed by atoms with Crippen molar-refractivity contribution in [1.29, 1.82) is 0 Å². The van der Waals surface area contributed by atoms with E-state index in [0.29, 0.717) is 46.9 Å². The molecule has 0 saturated carbocycles. The van der Waals surface area contributed by atoms with Crippen molar-refractivity contribution in [3.05, 3.63) is 76.7 Å². The van der Waals surface area contributed by atoms with Gasteiger partial charge in [-0.3, -0.25) is 4.79 Å². The standard InChI is InChI=1S/C24H25N3O5S/c1-15-12-13-20(31-3)19(14-15)25-24(28)23-16(2)22-18(10-7-11-21(22)32-23)26-27-33(29,30)17-8-5-4-6-9-17/h4-6,8-9,12-14,27H,7,10-11H2,1-3H3,(H,25,28)/b26-18+. The lowest BCUT2D eigenvalue weighted by atomic mass is 9.93. The molecule has 2 aromatic carbocycles. The topological polar surface area (TPSA) is 110 Å². The zero-order valence-corrected chi connectivity index (χ0v) is 19.5. The number of nitrogens with zero attached hydrogens (tertiary/aromatic N) is 1. The van der Waals surface area contributed by atoms with E-state index < -0.39 is 15.9 Å². The Hall–Kier alpha value is -3.59. The lowest BCUT2D eigenvalue weighted by Gasteiger charge is -2.14. The number of carbonyl (C=O) groups is 1. The Bertz CT molecular complexity index is 1330. The molecule has 1 amide bonds. The molecule has 3 aromatic rings. The fraction of sp³-hybridized carbons (Fsp3) is 0.250. The zero-order chi connectivity index (χ0) is 23.6. The fourth-order valence-corrected chi connectivity index (χ4v) is 4.71. The SMILES string of the molecule is COc1ccc(C)cc1NC(=O)c1oc2c(c1C)/C(=N/NS(=O)(=O)c1ccccc1)CCC2. The molecule has 0 radical (unpaired) electrons. The maximum absolute atomic E-state index is 13.0. The van der Waals surface area contributed by atoms with Gasteiger partial charge in [-0.25, -0.2) is 0 Å². The molecule has 1 aliphatic carbocycles. The summed E-state index contributed by atoms with van der Waals surface area (Å²) in [5.41, 5.74) is 3.36. The average molecular weight is 468 g/mol. The van der Waals surface area contributed by atoms with E-state index in [-0.39, 0.29) is 10.7 Å². The minimum atomic E-state index is -3.80. The Morgan fingerprint density at radius 2 is 1.85 bits per heavy atom. The maximum Gasteiger partial charge on any atom is 0.291 e. The number of carbonyl (C=O) groups excluding carboxylic acids is 1. The minimum absolute atomic E-state index is 0.126. The van der Waals surface area contributed by atoms with E-state index in [1.54, 1.807) is 31.2 Å². The molecule has 0 unspecified atom stereocenters. The number of ether oxygens (including phenoxy) is 1. The van der Waals surface area contributed by atoms with E-state index in [2.05, 4.69) is 15.2 Å². The van der Waals surface area contributed by atoms with E-state index in [1.165, 1.54) is 19.2 Å². The highest BCUT2D eigenvalue weighted by Crippen LogP contribution is 2.32. The largest absolute Gasteiger partial charge is 0.495 e. The first-order valence-corrected chi connectivity index (χ1v) is 12.0. The van der Waals surface area contributed by atoms with Crippen LogP contribution in [0.2, 0.25) is 0 Å². The molecule has 1 aliphatic rings. The van der Waals surface area contributed by atoms with Gasteiger partial charge >= 0.3 is 0 Å². The normalized spacial score (nSPS) is 14.6. The molecule has 9 heteroatoms.